The Labute approximate surface area is 152 Å². The topological polar surface area (TPSA) is 81.2 Å². The van der Waals surface area contributed by atoms with Crippen molar-refractivity contribution in [1.82, 2.24) is 10.3 Å². The molecule has 0 radical (unpaired) electrons. The van der Waals surface area contributed by atoms with Gasteiger partial charge in [0.05, 0.1) is 6.54 Å². The minimum atomic E-state index is -0.201. The molecule has 2 heterocycles. The molecule has 0 spiro atoms. The molecule has 3 aromatic rings. The fourth-order valence-electron chi connectivity index (χ4n) is 2.52. The van der Waals surface area contributed by atoms with E-state index in [-0.39, 0.29) is 5.91 Å². The van der Waals surface area contributed by atoms with Crippen LogP contribution in [0.4, 0.5) is 5.82 Å². The number of furan rings is 1. The highest BCUT2D eigenvalue weighted by Crippen LogP contribution is 2.24. The second-order valence-corrected chi connectivity index (χ2v) is 6.00. The zero-order valence-electron chi connectivity index (χ0n) is 14.8. The van der Waals surface area contributed by atoms with Crippen molar-refractivity contribution in [2.75, 3.05) is 5.73 Å². The molecule has 3 rings (SSSR count). The lowest BCUT2D eigenvalue weighted by Crippen LogP contribution is -2.19. The fourth-order valence-corrected chi connectivity index (χ4v) is 2.52. The molecule has 0 unspecified atom stereocenters. The number of carbonyl (C=O) groups excluding carboxylic acids is 1. The molecule has 0 aliphatic rings. The number of aromatic nitrogens is 1. The van der Waals surface area contributed by atoms with Crippen LogP contribution in [0, 0.1) is 0 Å². The second kappa shape index (κ2) is 7.70. The van der Waals surface area contributed by atoms with Crippen LogP contribution in [-0.2, 0) is 11.3 Å². The molecule has 0 aliphatic carbocycles. The van der Waals surface area contributed by atoms with Gasteiger partial charge in [0, 0.05) is 17.7 Å². The number of carbonyl (C=O) groups is 1. The van der Waals surface area contributed by atoms with Crippen molar-refractivity contribution in [2.24, 2.45) is 0 Å². The number of pyridine rings is 1. The van der Waals surface area contributed by atoms with Gasteiger partial charge in [-0.2, -0.15) is 0 Å². The number of amides is 1. The minimum absolute atomic E-state index is 0.201. The van der Waals surface area contributed by atoms with Gasteiger partial charge < -0.3 is 15.5 Å². The van der Waals surface area contributed by atoms with Crippen LogP contribution in [0.5, 0.6) is 0 Å². The number of allylic oxidation sites excluding steroid dienone is 2. The van der Waals surface area contributed by atoms with E-state index in [1.54, 1.807) is 24.4 Å². The van der Waals surface area contributed by atoms with E-state index in [4.69, 9.17) is 10.2 Å². The summed E-state index contributed by atoms with van der Waals surface area (Å²) in [6, 6.07) is 11.5. The molecule has 1 amide bonds. The number of nitrogen functional groups attached to an aromatic ring is 1. The highest BCUT2D eigenvalue weighted by Gasteiger charge is 2.06. The number of fused-ring (bicyclic) bond motifs is 1. The van der Waals surface area contributed by atoms with Gasteiger partial charge in [0.15, 0.2) is 0 Å². The molecular weight excluding hydrogens is 326 g/mol. The fraction of sp³-hybridized carbons (Fsp3) is 0.143. The summed E-state index contributed by atoms with van der Waals surface area (Å²) in [4.78, 5) is 15.9. The monoisotopic (exact) mass is 347 g/mol. The summed E-state index contributed by atoms with van der Waals surface area (Å²) in [7, 11) is 0. The van der Waals surface area contributed by atoms with E-state index in [9.17, 15) is 4.79 Å². The van der Waals surface area contributed by atoms with Crippen molar-refractivity contribution in [3.63, 3.8) is 0 Å². The maximum absolute atomic E-state index is 12.0. The summed E-state index contributed by atoms with van der Waals surface area (Å²) < 4.78 is 5.78. The van der Waals surface area contributed by atoms with Crippen molar-refractivity contribution in [3.8, 4) is 0 Å². The second-order valence-electron chi connectivity index (χ2n) is 6.00. The summed E-state index contributed by atoms with van der Waals surface area (Å²) in [5.41, 5.74) is 9.53. The smallest absolute Gasteiger partial charge is 0.244 e. The highest BCUT2D eigenvalue weighted by molar-refractivity contribution is 5.91. The van der Waals surface area contributed by atoms with Crippen LogP contribution in [0.15, 0.2) is 59.2 Å². The number of nitrogens with zero attached hydrogens (tertiary/aromatic N) is 1. The lowest BCUT2D eigenvalue weighted by atomic mass is 10.1. The number of nitrogens with two attached hydrogens (primary N) is 1. The summed E-state index contributed by atoms with van der Waals surface area (Å²) in [5.74, 6) is 0.961. The van der Waals surface area contributed by atoms with E-state index in [2.05, 4.69) is 29.4 Å². The first-order valence-corrected chi connectivity index (χ1v) is 8.38. The number of hydrogen-bond donors (Lipinski definition) is 2. The van der Waals surface area contributed by atoms with Gasteiger partial charge >= 0.3 is 0 Å². The van der Waals surface area contributed by atoms with E-state index in [0.717, 1.165) is 22.1 Å². The molecule has 1 aromatic carbocycles. The zero-order valence-corrected chi connectivity index (χ0v) is 14.8. The largest absolute Gasteiger partial charge is 0.459 e. The van der Waals surface area contributed by atoms with Crippen molar-refractivity contribution < 1.29 is 9.21 Å². The molecule has 0 atom stereocenters. The van der Waals surface area contributed by atoms with Crippen molar-refractivity contribution in [2.45, 2.75) is 20.4 Å². The molecule has 0 saturated carbocycles. The van der Waals surface area contributed by atoms with E-state index >= 15 is 0 Å². The molecule has 132 valence electrons. The molecule has 0 fully saturated rings. The van der Waals surface area contributed by atoms with Crippen LogP contribution in [0.25, 0.3) is 22.6 Å². The average Bonchev–Trinajstić information content (AvgIpc) is 3.07. The third-order valence-corrected chi connectivity index (χ3v) is 4.13. The number of benzene rings is 1. The van der Waals surface area contributed by atoms with Gasteiger partial charge in [-0.25, -0.2) is 4.98 Å². The summed E-state index contributed by atoms with van der Waals surface area (Å²) in [6.07, 6.45) is 6.84. The van der Waals surface area contributed by atoms with Gasteiger partial charge in [-0.15, -0.1) is 0 Å². The maximum Gasteiger partial charge on any atom is 0.244 e. The first kappa shape index (κ1) is 17.5. The Bertz CT molecular complexity index is 982. The molecule has 26 heavy (non-hydrogen) atoms. The zero-order chi connectivity index (χ0) is 18.5. The number of rotatable bonds is 5. The maximum atomic E-state index is 12.0. The number of hydrogen-bond acceptors (Lipinski definition) is 4. The van der Waals surface area contributed by atoms with E-state index < -0.39 is 0 Å². The Balaban J connectivity index is 1.63. The van der Waals surface area contributed by atoms with Gasteiger partial charge in [0.2, 0.25) is 5.91 Å². The first-order chi connectivity index (χ1) is 12.5. The third kappa shape index (κ3) is 4.19. The molecule has 0 bridgehead atoms. The lowest BCUT2D eigenvalue weighted by molar-refractivity contribution is -0.116. The highest BCUT2D eigenvalue weighted by atomic mass is 16.3. The number of nitrogens with one attached hydrogen (secondary N) is 1. The molecule has 0 saturated heterocycles. The lowest BCUT2D eigenvalue weighted by Gasteiger charge is -1.99. The molecule has 3 N–H and O–H groups in total. The van der Waals surface area contributed by atoms with Crippen LogP contribution in [0.3, 0.4) is 0 Å². The number of anilines is 1. The van der Waals surface area contributed by atoms with Gasteiger partial charge in [-0.05, 0) is 67.0 Å². The standard InChI is InChI=1S/C21H21N3O2/c1-3-14(2)16-6-7-19-17(10-16)11-18(26-19)13-24-21(25)9-5-15-4-8-20(22)23-12-15/h3-12H,13H2,1-2H3,(H2,22,23)(H,24,25)/b9-5+,14-3+. The van der Waals surface area contributed by atoms with E-state index in [0.29, 0.717) is 18.1 Å². The van der Waals surface area contributed by atoms with Crippen molar-refractivity contribution in [3.05, 3.63) is 71.6 Å². The average molecular weight is 347 g/mol. The van der Waals surface area contributed by atoms with Gasteiger partial charge in [0.1, 0.15) is 17.2 Å². The van der Waals surface area contributed by atoms with E-state index in [1.807, 2.05) is 25.1 Å². The van der Waals surface area contributed by atoms with Crippen molar-refractivity contribution in [1.29, 1.82) is 0 Å². The summed E-state index contributed by atoms with van der Waals surface area (Å²) in [5, 5.41) is 3.84. The molecule has 2 aromatic heterocycles. The van der Waals surface area contributed by atoms with Gasteiger partial charge in [0.25, 0.3) is 0 Å². The normalized spacial score (nSPS) is 12.0. The predicted octanol–water partition coefficient (Wildman–Crippen LogP) is 4.16. The van der Waals surface area contributed by atoms with E-state index in [1.165, 1.54) is 11.6 Å². The first-order valence-electron chi connectivity index (χ1n) is 8.38. The van der Waals surface area contributed by atoms with Gasteiger partial charge in [-0.3, -0.25) is 4.79 Å². The van der Waals surface area contributed by atoms with Crippen molar-refractivity contribution >= 4 is 34.3 Å². The molecule has 5 heteroatoms. The van der Waals surface area contributed by atoms with Gasteiger partial charge in [-0.1, -0.05) is 12.1 Å². The predicted molar refractivity (Wildman–Crippen MR) is 105 cm³/mol. The van der Waals surface area contributed by atoms with Crippen LogP contribution in [-0.4, -0.2) is 10.9 Å². The Morgan fingerprint density at radius 3 is 2.85 bits per heavy atom. The molecular formula is C21H21N3O2. The Kier molecular flexibility index (Phi) is 5.17. The molecule has 0 aliphatic heterocycles. The van der Waals surface area contributed by atoms with Crippen LogP contribution >= 0.6 is 0 Å². The Morgan fingerprint density at radius 1 is 1.27 bits per heavy atom. The Hall–Kier alpha value is -3.34. The Morgan fingerprint density at radius 2 is 2.12 bits per heavy atom. The molecule has 5 nitrogen and oxygen atoms in total. The third-order valence-electron chi connectivity index (χ3n) is 4.13. The van der Waals surface area contributed by atoms with Crippen LogP contribution in [0.2, 0.25) is 0 Å². The van der Waals surface area contributed by atoms with Crippen LogP contribution in [0.1, 0.15) is 30.7 Å². The minimum Gasteiger partial charge on any atom is -0.459 e. The van der Waals surface area contributed by atoms with Crippen LogP contribution < -0.4 is 11.1 Å². The quantitative estimate of drug-likeness (QED) is 0.679. The SMILES string of the molecule is C/C=C(\C)c1ccc2oc(CNC(=O)/C=C/c3ccc(N)nc3)cc2c1. The summed E-state index contributed by atoms with van der Waals surface area (Å²) >= 11 is 0. The summed E-state index contributed by atoms with van der Waals surface area (Å²) in [6.45, 7) is 4.42.